The van der Waals surface area contributed by atoms with E-state index < -0.39 is 6.04 Å². The molecule has 1 fully saturated rings. The average molecular weight is 332 g/mol. The van der Waals surface area contributed by atoms with E-state index in [4.69, 9.17) is 9.47 Å². The van der Waals surface area contributed by atoms with Gasteiger partial charge in [0.15, 0.2) is 11.5 Å². The molecule has 24 heavy (non-hydrogen) atoms. The third-order valence-corrected chi connectivity index (χ3v) is 4.26. The Morgan fingerprint density at radius 1 is 1.29 bits per heavy atom. The molecule has 2 heterocycles. The Morgan fingerprint density at radius 3 is 2.71 bits per heavy atom. The fourth-order valence-electron chi connectivity index (χ4n) is 3.02. The highest BCUT2D eigenvalue weighted by molar-refractivity contribution is 6.08. The minimum Gasteiger partial charge on any atom is -0.486 e. The molecule has 1 saturated heterocycles. The van der Waals surface area contributed by atoms with E-state index in [-0.39, 0.29) is 24.1 Å². The van der Waals surface area contributed by atoms with Gasteiger partial charge in [-0.3, -0.25) is 19.3 Å². The van der Waals surface area contributed by atoms with Gasteiger partial charge < -0.3 is 14.4 Å². The van der Waals surface area contributed by atoms with Crippen LogP contribution >= 0.6 is 0 Å². The second kappa shape index (κ2) is 6.51. The third-order valence-electron chi connectivity index (χ3n) is 4.26. The number of benzene rings is 1. The van der Waals surface area contributed by atoms with Crippen LogP contribution < -0.4 is 9.47 Å². The highest BCUT2D eigenvalue weighted by atomic mass is 16.6. The van der Waals surface area contributed by atoms with Crippen molar-refractivity contribution in [3.8, 4) is 11.5 Å². The molecular weight excluding hydrogens is 312 g/mol. The second-order valence-corrected chi connectivity index (χ2v) is 5.84. The van der Waals surface area contributed by atoms with Crippen molar-refractivity contribution >= 4 is 17.7 Å². The summed E-state index contributed by atoms with van der Waals surface area (Å²) in [7, 11) is 1.45. The van der Waals surface area contributed by atoms with Crippen LogP contribution in [0.15, 0.2) is 18.2 Å². The lowest BCUT2D eigenvalue weighted by molar-refractivity contribution is -0.137. The molecule has 0 aliphatic carbocycles. The van der Waals surface area contributed by atoms with Gasteiger partial charge in [0.1, 0.15) is 19.3 Å². The molecule has 0 bridgehead atoms. The number of carbonyl (C=O) groups is 3. The van der Waals surface area contributed by atoms with Gasteiger partial charge in [0.05, 0.1) is 12.0 Å². The molecule has 0 radical (unpaired) electrons. The number of hydrogen-bond acceptors (Lipinski definition) is 5. The summed E-state index contributed by atoms with van der Waals surface area (Å²) in [5, 5.41) is 0. The van der Waals surface area contributed by atoms with Gasteiger partial charge in [-0.1, -0.05) is 13.0 Å². The van der Waals surface area contributed by atoms with Crippen molar-refractivity contribution in [2.45, 2.75) is 25.8 Å². The summed E-state index contributed by atoms with van der Waals surface area (Å²) in [4.78, 5) is 39.7. The lowest BCUT2D eigenvalue weighted by Crippen LogP contribution is -2.45. The third kappa shape index (κ3) is 2.70. The smallest absolute Gasteiger partial charge is 0.258 e. The Bertz CT molecular complexity index is 688. The van der Waals surface area contributed by atoms with Gasteiger partial charge >= 0.3 is 0 Å². The molecule has 0 N–H and O–H groups in total. The second-order valence-electron chi connectivity index (χ2n) is 5.84. The number of likely N-dealkylation sites (tertiary alicyclic amines) is 1. The number of amides is 3. The van der Waals surface area contributed by atoms with Gasteiger partial charge in [0, 0.05) is 13.6 Å². The number of hydrogen-bond donors (Lipinski definition) is 0. The molecule has 0 saturated carbocycles. The van der Waals surface area contributed by atoms with Crippen LogP contribution in [0.25, 0.3) is 0 Å². The number of carbonyl (C=O) groups excluding carboxylic acids is 3. The van der Waals surface area contributed by atoms with Crippen LogP contribution in [-0.4, -0.2) is 60.4 Å². The zero-order valence-corrected chi connectivity index (χ0v) is 13.8. The van der Waals surface area contributed by atoms with Crippen LogP contribution in [-0.2, 0) is 9.59 Å². The highest BCUT2D eigenvalue weighted by Gasteiger charge is 2.42. The van der Waals surface area contributed by atoms with Gasteiger partial charge in [-0.15, -0.1) is 0 Å². The van der Waals surface area contributed by atoms with Gasteiger partial charge in [-0.05, 0) is 18.6 Å². The van der Waals surface area contributed by atoms with Gasteiger partial charge in [0.2, 0.25) is 5.91 Å². The molecule has 128 valence electrons. The molecule has 1 atom stereocenters. The predicted octanol–water partition coefficient (Wildman–Crippen LogP) is 1.07. The summed E-state index contributed by atoms with van der Waals surface area (Å²) >= 11 is 0. The molecule has 7 heteroatoms. The van der Waals surface area contributed by atoms with Crippen LogP contribution in [0.1, 0.15) is 30.1 Å². The SMILES string of the molecule is CCCN(C(=O)c1cccc2c1OCCO2)C1CC(=O)N(C)C1=O. The first-order valence-corrected chi connectivity index (χ1v) is 8.04. The molecule has 1 aromatic rings. The average Bonchev–Trinajstić information content (AvgIpc) is 2.86. The number of para-hydroxylation sites is 1. The van der Waals surface area contributed by atoms with Crippen molar-refractivity contribution < 1.29 is 23.9 Å². The number of imide groups is 1. The number of nitrogens with zero attached hydrogens (tertiary/aromatic N) is 2. The quantitative estimate of drug-likeness (QED) is 0.771. The van der Waals surface area contributed by atoms with Crippen LogP contribution in [0.3, 0.4) is 0 Å². The normalized spacial score (nSPS) is 19.6. The zero-order valence-electron chi connectivity index (χ0n) is 13.8. The number of rotatable bonds is 4. The van der Waals surface area contributed by atoms with Crippen LogP contribution in [0, 0.1) is 0 Å². The molecular formula is C17H20N2O5. The Morgan fingerprint density at radius 2 is 2.04 bits per heavy atom. The summed E-state index contributed by atoms with van der Waals surface area (Å²) in [6.45, 7) is 3.12. The fraction of sp³-hybridized carbons (Fsp3) is 0.471. The Hall–Kier alpha value is -2.57. The van der Waals surface area contributed by atoms with Crippen molar-refractivity contribution in [2.75, 3.05) is 26.8 Å². The maximum atomic E-state index is 13.1. The van der Waals surface area contributed by atoms with E-state index in [1.807, 2.05) is 6.92 Å². The topological polar surface area (TPSA) is 76.2 Å². The monoisotopic (exact) mass is 332 g/mol. The Balaban J connectivity index is 1.94. The number of ether oxygens (including phenoxy) is 2. The van der Waals surface area contributed by atoms with Crippen molar-refractivity contribution in [3.05, 3.63) is 23.8 Å². The van der Waals surface area contributed by atoms with Crippen molar-refractivity contribution in [3.63, 3.8) is 0 Å². The molecule has 2 aliphatic heterocycles. The van der Waals surface area contributed by atoms with E-state index in [1.54, 1.807) is 18.2 Å². The molecule has 1 unspecified atom stereocenters. The molecule has 3 rings (SSSR count). The molecule has 0 spiro atoms. The summed E-state index contributed by atoms with van der Waals surface area (Å²) < 4.78 is 11.1. The van der Waals surface area contributed by atoms with E-state index >= 15 is 0 Å². The van der Waals surface area contributed by atoms with E-state index in [2.05, 4.69) is 0 Å². The van der Waals surface area contributed by atoms with Crippen molar-refractivity contribution in [1.29, 1.82) is 0 Å². The maximum Gasteiger partial charge on any atom is 0.258 e. The predicted molar refractivity (Wildman–Crippen MR) is 84.9 cm³/mol. The molecule has 1 aromatic carbocycles. The first-order chi connectivity index (χ1) is 11.5. The molecule has 0 aromatic heterocycles. The van der Waals surface area contributed by atoms with Gasteiger partial charge in [-0.2, -0.15) is 0 Å². The summed E-state index contributed by atoms with van der Waals surface area (Å²) in [6.07, 6.45) is 0.702. The maximum absolute atomic E-state index is 13.1. The van der Waals surface area contributed by atoms with E-state index in [0.29, 0.717) is 43.2 Å². The standard InChI is InChI=1S/C17H20N2O5/c1-3-7-19(12-10-14(20)18(2)17(12)22)16(21)11-5-4-6-13-15(11)24-9-8-23-13/h4-6,12H,3,7-10H2,1-2H3. The minimum atomic E-state index is -0.754. The minimum absolute atomic E-state index is 0.0213. The Labute approximate surface area is 140 Å². The van der Waals surface area contributed by atoms with Crippen LogP contribution in [0.2, 0.25) is 0 Å². The van der Waals surface area contributed by atoms with Crippen LogP contribution in [0.4, 0.5) is 0 Å². The highest BCUT2D eigenvalue weighted by Crippen LogP contribution is 2.35. The van der Waals surface area contributed by atoms with Crippen LogP contribution in [0.5, 0.6) is 11.5 Å². The zero-order chi connectivity index (χ0) is 17.3. The number of fused-ring (bicyclic) bond motifs is 1. The first-order valence-electron chi connectivity index (χ1n) is 8.04. The summed E-state index contributed by atoms with van der Waals surface area (Å²) in [5.41, 5.74) is 0.357. The van der Waals surface area contributed by atoms with Crippen molar-refractivity contribution in [2.24, 2.45) is 0 Å². The lowest BCUT2D eigenvalue weighted by atomic mass is 10.1. The summed E-state index contributed by atoms with van der Waals surface area (Å²) in [6, 6.07) is 4.37. The lowest BCUT2D eigenvalue weighted by Gasteiger charge is -2.28. The van der Waals surface area contributed by atoms with Gasteiger partial charge in [-0.25, -0.2) is 0 Å². The summed E-state index contributed by atoms with van der Waals surface area (Å²) in [5.74, 6) is -0.00698. The van der Waals surface area contributed by atoms with E-state index in [1.165, 1.54) is 11.9 Å². The van der Waals surface area contributed by atoms with Crippen molar-refractivity contribution in [1.82, 2.24) is 9.80 Å². The Kier molecular flexibility index (Phi) is 4.42. The van der Waals surface area contributed by atoms with E-state index in [0.717, 1.165) is 4.90 Å². The molecule has 3 amide bonds. The first kappa shape index (κ1) is 16.3. The largest absolute Gasteiger partial charge is 0.486 e. The van der Waals surface area contributed by atoms with E-state index in [9.17, 15) is 14.4 Å². The molecule has 2 aliphatic rings. The fourth-order valence-corrected chi connectivity index (χ4v) is 3.02. The number of likely N-dealkylation sites (N-methyl/N-ethyl adjacent to an activating group) is 1. The van der Waals surface area contributed by atoms with Gasteiger partial charge in [0.25, 0.3) is 11.8 Å². The molecule has 7 nitrogen and oxygen atoms in total.